The Hall–Kier alpha value is -7.63. The molecule has 0 aliphatic carbocycles. The number of aryl methyl sites for hydroxylation is 2. The van der Waals surface area contributed by atoms with Crippen LogP contribution < -0.4 is 0 Å². The third-order valence-corrected chi connectivity index (χ3v) is 11.4. The zero-order valence-electron chi connectivity index (χ0n) is 32.1. The highest BCUT2D eigenvalue weighted by molar-refractivity contribution is 6.20. The van der Waals surface area contributed by atoms with E-state index in [1.54, 1.807) is 0 Å². The lowest BCUT2D eigenvalue weighted by Crippen LogP contribution is -2.04. The summed E-state index contributed by atoms with van der Waals surface area (Å²) in [6.45, 7) is 4.40. The smallest absolute Gasteiger partial charge is 0.166 e. The summed E-state index contributed by atoms with van der Waals surface area (Å²) in [5.74, 6) is 1.90. The van der Waals surface area contributed by atoms with Gasteiger partial charge in [-0.2, -0.15) is 0 Å². The van der Waals surface area contributed by atoms with Crippen molar-refractivity contribution in [3.05, 3.63) is 199 Å². The maximum absolute atomic E-state index is 5.27. The molecule has 0 radical (unpaired) electrons. The maximum Gasteiger partial charge on any atom is 0.166 e. The van der Waals surface area contributed by atoms with Gasteiger partial charge in [0.2, 0.25) is 0 Å². The van der Waals surface area contributed by atoms with Crippen LogP contribution in [0.4, 0.5) is 0 Å². The molecule has 0 aliphatic rings. The van der Waals surface area contributed by atoms with Crippen LogP contribution in [0.15, 0.2) is 188 Å². The van der Waals surface area contributed by atoms with Crippen molar-refractivity contribution in [2.24, 2.45) is 0 Å². The van der Waals surface area contributed by atoms with Crippen LogP contribution in [-0.4, -0.2) is 24.1 Å². The van der Waals surface area contributed by atoms with E-state index in [4.69, 9.17) is 15.0 Å². The molecule has 5 heteroatoms. The SMILES string of the molecule is Cc1cccc(C)c1-n1c2ccccc2c2c(-c3ccc4c(c3)c3ccccc3n4-c3ccccc3)ccc(-c3nc(-c4ccccc4)nc(-c4ccccc4)n3)c21. The van der Waals surface area contributed by atoms with Gasteiger partial charge in [0, 0.05) is 43.9 Å². The van der Waals surface area contributed by atoms with Gasteiger partial charge in [0.15, 0.2) is 17.5 Å². The van der Waals surface area contributed by atoms with Crippen molar-refractivity contribution < 1.29 is 0 Å². The average Bonchev–Trinajstić information content (AvgIpc) is 3.80. The van der Waals surface area contributed by atoms with Gasteiger partial charge in [-0.15, -0.1) is 0 Å². The highest BCUT2D eigenvalue weighted by Gasteiger charge is 2.24. The Bertz CT molecular complexity index is 3270. The molecular formula is C53H37N5. The van der Waals surface area contributed by atoms with Gasteiger partial charge in [0.25, 0.3) is 0 Å². The molecule has 3 aromatic heterocycles. The molecule has 3 heterocycles. The zero-order valence-corrected chi connectivity index (χ0v) is 32.1. The summed E-state index contributed by atoms with van der Waals surface area (Å²) in [6.07, 6.45) is 0. The second kappa shape index (κ2) is 13.5. The Morgan fingerprint density at radius 3 is 1.53 bits per heavy atom. The quantitative estimate of drug-likeness (QED) is 0.170. The van der Waals surface area contributed by atoms with Gasteiger partial charge in [-0.25, -0.2) is 15.0 Å². The summed E-state index contributed by atoms with van der Waals surface area (Å²) in [6, 6.07) is 66.5. The van der Waals surface area contributed by atoms with Gasteiger partial charge in [-0.1, -0.05) is 146 Å². The van der Waals surface area contributed by atoms with E-state index in [2.05, 4.69) is 175 Å². The Balaban J connectivity index is 1.25. The van der Waals surface area contributed by atoms with E-state index < -0.39 is 0 Å². The number of para-hydroxylation sites is 4. The summed E-state index contributed by atoms with van der Waals surface area (Å²) in [4.78, 5) is 15.6. The number of aromatic nitrogens is 5. The molecule has 11 rings (SSSR count). The van der Waals surface area contributed by atoms with Crippen LogP contribution >= 0.6 is 0 Å². The van der Waals surface area contributed by atoms with Crippen LogP contribution in [0.1, 0.15) is 11.1 Å². The van der Waals surface area contributed by atoms with Gasteiger partial charge in [-0.3, -0.25) is 0 Å². The van der Waals surface area contributed by atoms with E-state index in [0.717, 1.165) is 55.6 Å². The van der Waals surface area contributed by atoms with Crippen molar-refractivity contribution in [3.8, 4) is 56.7 Å². The molecule has 0 spiro atoms. The van der Waals surface area contributed by atoms with Crippen LogP contribution in [0, 0.1) is 13.8 Å². The number of nitrogens with zero attached hydrogens (tertiary/aromatic N) is 5. The molecule has 0 N–H and O–H groups in total. The predicted octanol–water partition coefficient (Wildman–Crippen LogP) is 13.4. The maximum atomic E-state index is 5.27. The first-order valence-corrected chi connectivity index (χ1v) is 19.7. The molecule has 274 valence electrons. The van der Waals surface area contributed by atoms with Crippen LogP contribution in [0.25, 0.3) is 100 Å². The summed E-state index contributed by atoms with van der Waals surface area (Å²) < 4.78 is 4.82. The first-order chi connectivity index (χ1) is 28.6. The lowest BCUT2D eigenvalue weighted by molar-refractivity contribution is 1.07. The second-order valence-corrected chi connectivity index (χ2v) is 14.9. The Morgan fingerprint density at radius 1 is 0.362 bits per heavy atom. The Labute approximate surface area is 336 Å². The third-order valence-electron chi connectivity index (χ3n) is 11.4. The van der Waals surface area contributed by atoms with E-state index in [-0.39, 0.29) is 0 Å². The van der Waals surface area contributed by atoms with Crippen LogP contribution in [0.3, 0.4) is 0 Å². The number of benzene rings is 8. The largest absolute Gasteiger partial charge is 0.309 e. The predicted molar refractivity (Wildman–Crippen MR) is 240 cm³/mol. The fourth-order valence-electron chi connectivity index (χ4n) is 8.83. The molecule has 0 amide bonds. The summed E-state index contributed by atoms with van der Waals surface area (Å²) in [5.41, 5.74) is 14.4. The van der Waals surface area contributed by atoms with Crippen LogP contribution in [-0.2, 0) is 0 Å². The van der Waals surface area contributed by atoms with E-state index in [0.29, 0.717) is 17.5 Å². The average molecular weight is 744 g/mol. The van der Waals surface area contributed by atoms with Gasteiger partial charge in [0.05, 0.1) is 27.8 Å². The molecule has 0 aliphatic heterocycles. The molecule has 0 fully saturated rings. The first-order valence-electron chi connectivity index (χ1n) is 19.7. The molecule has 8 aromatic carbocycles. The molecule has 0 unspecified atom stereocenters. The van der Waals surface area contributed by atoms with Crippen molar-refractivity contribution in [2.75, 3.05) is 0 Å². The van der Waals surface area contributed by atoms with Crippen molar-refractivity contribution in [1.82, 2.24) is 24.1 Å². The summed E-state index contributed by atoms with van der Waals surface area (Å²) in [7, 11) is 0. The molecule has 0 saturated carbocycles. The van der Waals surface area contributed by atoms with Crippen molar-refractivity contribution in [2.45, 2.75) is 13.8 Å². The van der Waals surface area contributed by atoms with E-state index >= 15 is 0 Å². The van der Waals surface area contributed by atoms with Gasteiger partial charge in [-0.05, 0) is 78.6 Å². The number of hydrogen-bond acceptors (Lipinski definition) is 3. The van der Waals surface area contributed by atoms with Crippen molar-refractivity contribution >= 4 is 43.6 Å². The topological polar surface area (TPSA) is 48.5 Å². The molecule has 5 nitrogen and oxygen atoms in total. The van der Waals surface area contributed by atoms with Gasteiger partial charge >= 0.3 is 0 Å². The molecule has 0 bridgehead atoms. The van der Waals surface area contributed by atoms with Crippen molar-refractivity contribution in [1.29, 1.82) is 0 Å². The summed E-state index contributed by atoms with van der Waals surface area (Å²) in [5, 5.41) is 4.76. The molecule has 0 atom stereocenters. The molecule has 58 heavy (non-hydrogen) atoms. The fourth-order valence-corrected chi connectivity index (χ4v) is 8.83. The standard InChI is InChI=1S/C53H37N5/c1-34-17-16-18-35(2)49(34)58-46-28-15-13-26-42(46)48-40(38-29-32-47-44(33-38)41-25-12-14-27-45(41)57(47)39-23-10-5-11-24-39)30-31-43(50(48)58)53-55-51(36-19-6-3-7-20-36)54-52(56-53)37-21-8-4-9-22-37/h3-33H,1-2H3. The number of hydrogen-bond donors (Lipinski definition) is 0. The Morgan fingerprint density at radius 2 is 0.879 bits per heavy atom. The van der Waals surface area contributed by atoms with Crippen LogP contribution in [0.2, 0.25) is 0 Å². The van der Waals surface area contributed by atoms with E-state index in [9.17, 15) is 0 Å². The third kappa shape index (κ3) is 5.35. The van der Waals surface area contributed by atoms with E-state index in [1.807, 2.05) is 36.4 Å². The lowest BCUT2D eigenvalue weighted by Gasteiger charge is -2.17. The second-order valence-electron chi connectivity index (χ2n) is 14.9. The number of rotatable bonds is 6. The molecule has 11 aromatic rings. The van der Waals surface area contributed by atoms with E-state index in [1.165, 1.54) is 38.3 Å². The Kier molecular flexibility index (Phi) is 7.86. The minimum atomic E-state index is 0.626. The summed E-state index contributed by atoms with van der Waals surface area (Å²) >= 11 is 0. The zero-order chi connectivity index (χ0) is 38.7. The number of fused-ring (bicyclic) bond motifs is 6. The van der Waals surface area contributed by atoms with Gasteiger partial charge < -0.3 is 9.13 Å². The first kappa shape index (κ1) is 33.7. The lowest BCUT2D eigenvalue weighted by atomic mass is 9.95. The van der Waals surface area contributed by atoms with Crippen molar-refractivity contribution in [3.63, 3.8) is 0 Å². The monoisotopic (exact) mass is 743 g/mol. The van der Waals surface area contributed by atoms with Gasteiger partial charge in [0.1, 0.15) is 0 Å². The normalized spacial score (nSPS) is 11.6. The minimum Gasteiger partial charge on any atom is -0.309 e. The van der Waals surface area contributed by atoms with Crippen LogP contribution in [0.5, 0.6) is 0 Å². The minimum absolute atomic E-state index is 0.626. The molecular weight excluding hydrogens is 707 g/mol. The molecule has 0 saturated heterocycles. The highest BCUT2D eigenvalue weighted by atomic mass is 15.1. The fraction of sp³-hybridized carbons (Fsp3) is 0.0377. The highest BCUT2D eigenvalue weighted by Crippen LogP contribution is 2.45.